The average molecular weight is 488 g/mol. The number of unbranched alkanes of at least 4 members (excludes halogenated alkanes) is 7. The van der Waals surface area contributed by atoms with Gasteiger partial charge < -0.3 is 15.2 Å². The Morgan fingerprint density at radius 1 is 1.03 bits per heavy atom. The van der Waals surface area contributed by atoms with Crippen LogP contribution in [-0.2, 0) is 10.2 Å². The fourth-order valence-corrected chi connectivity index (χ4v) is 4.01. The summed E-state index contributed by atoms with van der Waals surface area (Å²) in [5.74, 6) is 0.519. The number of benzene rings is 2. The van der Waals surface area contributed by atoms with Crippen LogP contribution in [0.5, 0.6) is 11.5 Å². The largest absolute Gasteiger partial charge is 0.508 e. The number of ether oxygens (including phenoxy) is 1. The molecule has 0 bridgehead atoms. The highest BCUT2D eigenvalue weighted by Gasteiger charge is 2.25. The van der Waals surface area contributed by atoms with Crippen LogP contribution in [0.25, 0.3) is 0 Å². The van der Waals surface area contributed by atoms with E-state index in [0.29, 0.717) is 22.9 Å². The highest BCUT2D eigenvalue weighted by Crippen LogP contribution is 2.35. The molecule has 0 aliphatic carbocycles. The maximum absolute atomic E-state index is 13.2. The molecule has 34 heavy (non-hydrogen) atoms. The van der Waals surface area contributed by atoms with Crippen molar-refractivity contribution in [1.82, 2.24) is 5.73 Å². The second-order valence-electron chi connectivity index (χ2n) is 9.98. The highest BCUT2D eigenvalue weighted by atomic mass is 35.5. The molecule has 2 aromatic rings. The lowest BCUT2D eigenvalue weighted by atomic mass is 9.86. The first-order valence-electron chi connectivity index (χ1n) is 12.4. The van der Waals surface area contributed by atoms with Crippen LogP contribution in [0.2, 0.25) is 5.02 Å². The minimum Gasteiger partial charge on any atom is -0.508 e. The molecule has 0 aromatic heterocycles. The number of anilines is 1. The lowest BCUT2D eigenvalue weighted by molar-refractivity contribution is -0.123. The lowest BCUT2D eigenvalue weighted by Gasteiger charge is -2.26. The first-order chi connectivity index (χ1) is 16.1. The third kappa shape index (κ3) is 9.09. The zero-order valence-corrected chi connectivity index (χ0v) is 21.8. The Morgan fingerprint density at radius 2 is 1.68 bits per heavy atom. The second kappa shape index (κ2) is 13.5. The number of halogens is 1. The molecule has 0 fully saturated rings. The molecule has 1 unspecified atom stereocenters. The van der Waals surface area contributed by atoms with Gasteiger partial charge in [-0.1, -0.05) is 84.2 Å². The quantitative estimate of drug-likeness (QED) is 0.279. The number of aromatic hydroxyl groups is 1. The molecule has 0 aliphatic heterocycles. The molecule has 1 amide bonds. The molecule has 3 N–H and O–H groups in total. The van der Waals surface area contributed by atoms with Gasteiger partial charge in [0.15, 0.2) is 6.10 Å². The molecule has 2 rings (SSSR count). The van der Waals surface area contributed by atoms with Crippen molar-refractivity contribution < 1.29 is 14.6 Å². The van der Waals surface area contributed by atoms with Crippen LogP contribution in [0.4, 0.5) is 11.4 Å². The van der Waals surface area contributed by atoms with Gasteiger partial charge in [0, 0.05) is 11.3 Å². The molecule has 0 heterocycles. The maximum Gasteiger partial charge on any atom is 0.265 e. The summed E-state index contributed by atoms with van der Waals surface area (Å²) in [6.45, 7) is 8.36. The number of carbonyl (C=O) groups excluding carboxylic acids is 1. The SMILES string of the molecule is CCCCCCCCCCC(Oc1ccc(O)cc1C(C)(C)C)C(=O)Nc1ccc(Cl)c([NH])c1. The smallest absolute Gasteiger partial charge is 0.265 e. The van der Waals surface area contributed by atoms with E-state index in [1.807, 2.05) is 20.8 Å². The average Bonchev–Trinajstić information content (AvgIpc) is 2.77. The molecule has 1 atom stereocenters. The van der Waals surface area contributed by atoms with E-state index in [9.17, 15) is 9.90 Å². The molecule has 187 valence electrons. The normalized spacial score (nSPS) is 12.4. The van der Waals surface area contributed by atoms with Crippen LogP contribution in [0.15, 0.2) is 36.4 Å². The van der Waals surface area contributed by atoms with E-state index in [1.54, 1.807) is 30.3 Å². The fourth-order valence-electron chi connectivity index (χ4n) is 3.89. The number of nitrogens with one attached hydrogen (secondary N) is 2. The predicted molar refractivity (Wildman–Crippen MR) is 141 cm³/mol. The number of rotatable bonds is 13. The number of phenols is 1. The van der Waals surface area contributed by atoms with E-state index in [0.717, 1.165) is 24.8 Å². The van der Waals surface area contributed by atoms with E-state index in [4.69, 9.17) is 22.1 Å². The van der Waals surface area contributed by atoms with Crippen LogP contribution in [0.1, 0.15) is 91.0 Å². The molecular formula is C28H40ClN2O3. The summed E-state index contributed by atoms with van der Waals surface area (Å²) < 4.78 is 6.28. The van der Waals surface area contributed by atoms with Gasteiger partial charge in [0.2, 0.25) is 0 Å². The molecule has 0 saturated carbocycles. The predicted octanol–water partition coefficient (Wildman–Crippen LogP) is 8.17. The monoisotopic (exact) mass is 487 g/mol. The summed E-state index contributed by atoms with van der Waals surface area (Å²) in [5, 5.41) is 13.2. The van der Waals surface area contributed by atoms with Crippen LogP contribution in [-0.4, -0.2) is 17.1 Å². The van der Waals surface area contributed by atoms with Gasteiger partial charge in [-0.3, -0.25) is 10.5 Å². The molecule has 0 spiro atoms. The Labute approximate surface area is 210 Å². The van der Waals surface area contributed by atoms with Gasteiger partial charge in [-0.05, 0) is 54.7 Å². The van der Waals surface area contributed by atoms with Crippen LogP contribution in [0, 0.1) is 0 Å². The van der Waals surface area contributed by atoms with E-state index in [1.165, 1.54) is 38.2 Å². The van der Waals surface area contributed by atoms with Crippen molar-refractivity contribution in [3.8, 4) is 11.5 Å². The van der Waals surface area contributed by atoms with Gasteiger partial charge in [0.25, 0.3) is 5.91 Å². The van der Waals surface area contributed by atoms with Gasteiger partial charge in [-0.2, -0.15) is 0 Å². The summed E-state index contributed by atoms with van der Waals surface area (Å²) in [6, 6.07) is 9.84. The number of carbonyl (C=O) groups is 1. The van der Waals surface area contributed by atoms with Crippen molar-refractivity contribution in [2.75, 3.05) is 5.32 Å². The Balaban J connectivity index is 2.10. The topological polar surface area (TPSA) is 82.4 Å². The number of phenolic OH excluding ortho intramolecular Hbond substituents is 1. The van der Waals surface area contributed by atoms with Gasteiger partial charge in [0.05, 0.1) is 10.7 Å². The minimum absolute atomic E-state index is 0.161. The van der Waals surface area contributed by atoms with Crippen LogP contribution in [0.3, 0.4) is 0 Å². The van der Waals surface area contributed by atoms with Crippen LogP contribution >= 0.6 is 11.6 Å². The summed E-state index contributed by atoms with van der Waals surface area (Å²) in [7, 11) is 0. The summed E-state index contributed by atoms with van der Waals surface area (Å²) >= 11 is 5.95. The van der Waals surface area contributed by atoms with Gasteiger partial charge >= 0.3 is 0 Å². The van der Waals surface area contributed by atoms with Crippen molar-refractivity contribution in [1.29, 1.82) is 0 Å². The van der Waals surface area contributed by atoms with E-state index in [2.05, 4.69) is 12.2 Å². The standard InChI is InChI=1S/C28H40ClN2O3/c1-5-6-7-8-9-10-11-12-13-26(27(33)31-20-14-16-23(29)24(30)18-20)34-25-17-15-21(32)19-22(25)28(2,3)4/h14-19,26,30,32H,5-13H2,1-4H3,(H,31,33). The molecule has 6 heteroatoms. The first kappa shape index (κ1) is 27.8. The Kier molecular flexibility index (Phi) is 11.0. The number of hydrogen-bond donors (Lipinski definition) is 2. The van der Waals surface area contributed by atoms with Crippen molar-refractivity contribution in [2.45, 2.75) is 97.0 Å². The van der Waals surface area contributed by atoms with E-state index >= 15 is 0 Å². The summed E-state index contributed by atoms with van der Waals surface area (Å²) in [6.07, 6.45) is 9.33. The highest BCUT2D eigenvalue weighted by molar-refractivity contribution is 6.33. The van der Waals surface area contributed by atoms with Gasteiger partial charge in [0.1, 0.15) is 11.5 Å². The molecule has 0 aliphatic rings. The molecule has 2 aromatic carbocycles. The Bertz CT molecular complexity index is 924. The van der Waals surface area contributed by atoms with Gasteiger partial charge in [-0.15, -0.1) is 0 Å². The zero-order chi connectivity index (χ0) is 25.1. The van der Waals surface area contributed by atoms with Crippen molar-refractivity contribution in [3.63, 3.8) is 0 Å². The third-order valence-electron chi connectivity index (χ3n) is 5.89. The van der Waals surface area contributed by atoms with Crippen molar-refractivity contribution in [3.05, 3.63) is 47.0 Å². The third-order valence-corrected chi connectivity index (χ3v) is 6.22. The second-order valence-corrected chi connectivity index (χ2v) is 10.4. The zero-order valence-electron chi connectivity index (χ0n) is 21.0. The van der Waals surface area contributed by atoms with Crippen molar-refractivity contribution >= 4 is 28.9 Å². The van der Waals surface area contributed by atoms with E-state index in [-0.39, 0.29) is 22.8 Å². The molecule has 1 radical (unpaired) electrons. The molecular weight excluding hydrogens is 448 g/mol. The summed E-state index contributed by atoms with van der Waals surface area (Å²) in [5.41, 5.74) is 9.16. The van der Waals surface area contributed by atoms with Crippen LogP contribution < -0.4 is 15.8 Å². The Morgan fingerprint density at radius 3 is 2.29 bits per heavy atom. The number of hydrogen-bond acceptors (Lipinski definition) is 3. The van der Waals surface area contributed by atoms with Gasteiger partial charge in [-0.25, -0.2) is 0 Å². The Hall–Kier alpha value is -2.40. The van der Waals surface area contributed by atoms with E-state index < -0.39 is 6.10 Å². The first-order valence-corrected chi connectivity index (χ1v) is 12.8. The lowest BCUT2D eigenvalue weighted by Crippen LogP contribution is -2.33. The summed E-state index contributed by atoms with van der Waals surface area (Å²) in [4.78, 5) is 13.2. The fraction of sp³-hybridized carbons (Fsp3) is 0.536. The molecule has 0 saturated heterocycles. The molecule has 5 nitrogen and oxygen atoms in total. The maximum atomic E-state index is 13.2. The number of amides is 1. The van der Waals surface area contributed by atoms with Crippen molar-refractivity contribution in [2.24, 2.45) is 0 Å². The minimum atomic E-state index is -0.685.